The average Bonchev–Trinajstić information content (AvgIpc) is 2.16. The summed E-state index contributed by atoms with van der Waals surface area (Å²) in [6, 6.07) is 7.63. The van der Waals surface area contributed by atoms with Crippen LogP contribution in [0.4, 0.5) is 0 Å². The van der Waals surface area contributed by atoms with Gasteiger partial charge in [0.05, 0.1) is 0 Å². The van der Waals surface area contributed by atoms with E-state index in [1.54, 1.807) is 0 Å². The van der Waals surface area contributed by atoms with E-state index in [1.807, 2.05) is 38.4 Å². The van der Waals surface area contributed by atoms with Crippen LogP contribution in [0.5, 0.6) is 0 Å². The number of carbonyl (C=O) groups is 1. The summed E-state index contributed by atoms with van der Waals surface area (Å²) < 4.78 is 0. The molecule has 1 aromatic carbocycles. The van der Waals surface area contributed by atoms with E-state index in [-0.39, 0.29) is 5.78 Å². The fourth-order valence-electron chi connectivity index (χ4n) is 1.31. The van der Waals surface area contributed by atoms with Crippen LogP contribution in [-0.4, -0.2) is 24.8 Å². The Hall–Kier alpha value is -1.41. The lowest BCUT2D eigenvalue weighted by atomic mass is 10.1. The molecule has 0 amide bonds. The SMILES string of the molecule is C=CC(=O)c1cccc(CN(C)C)c1. The van der Waals surface area contributed by atoms with Gasteiger partial charge in [-0.15, -0.1) is 0 Å². The van der Waals surface area contributed by atoms with Crippen LogP contribution in [0.1, 0.15) is 15.9 Å². The molecule has 0 N–H and O–H groups in total. The Kier molecular flexibility index (Phi) is 3.60. The van der Waals surface area contributed by atoms with Crippen molar-refractivity contribution in [3.05, 3.63) is 48.0 Å². The molecule has 0 fully saturated rings. The molecule has 0 saturated carbocycles. The third kappa shape index (κ3) is 2.82. The zero-order chi connectivity index (χ0) is 10.6. The van der Waals surface area contributed by atoms with Crippen molar-refractivity contribution in [2.45, 2.75) is 6.54 Å². The van der Waals surface area contributed by atoms with Crippen LogP contribution in [0.15, 0.2) is 36.9 Å². The molecule has 0 saturated heterocycles. The van der Waals surface area contributed by atoms with Gasteiger partial charge >= 0.3 is 0 Å². The van der Waals surface area contributed by atoms with Crippen molar-refractivity contribution in [3.8, 4) is 0 Å². The minimum absolute atomic E-state index is 0.0226. The maximum Gasteiger partial charge on any atom is 0.185 e. The second-order valence-corrected chi connectivity index (χ2v) is 3.51. The summed E-state index contributed by atoms with van der Waals surface area (Å²) in [7, 11) is 4.00. The molecule has 0 unspecified atom stereocenters. The summed E-state index contributed by atoms with van der Waals surface area (Å²) in [6.07, 6.45) is 1.34. The topological polar surface area (TPSA) is 20.3 Å². The minimum Gasteiger partial charge on any atom is -0.305 e. The van der Waals surface area contributed by atoms with Crippen LogP contribution < -0.4 is 0 Å². The van der Waals surface area contributed by atoms with E-state index in [0.717, 1.165) is 12.1 Å². The van der Waals surface area contributed by atoms with Gasteiger partial charge in [-0.3, -0.25) is 4.79 Å². The van der Waals surface area contributed by atoms with Crippen LogP contribution >= 0.6 is 0 Å². The van der Waals surface area contributed by atoms with Crippen molar-refractivity contribution in [3.63, 3.8) is 0 Å². The van der Waals surface area contributed by atoms with Gasteiger partial charge in [-0.2, -0.15) is 0 Å². The molecule has 0 heterocycles. The third-order valence-electron chi connectivity index (χ3n) is 1.90. The first kappa shape index (κ1) is 10.7. The predicted molar refractivity (Wildman–Crippen MR) is 58.4 cm³/mol. The highest BCUT2D eigenvalue weighted by Crippen LogP contribution is 2.07. The van der Waals surface area contributed by atoms with Gasteiger partial charge in [-0.05, 0) is 31.8 Å². The van der Waals surface area contributed by atoms with Gasteiger partial charge in [0.25, 0.3) is 0 Å². The Bertz CT molecular complexity index is 342. The van der Waals surface area contributed by atoms with E-state index in [2.05, 4.69) is 11.5 Å². The van der Waals surface area contributed by atoms with E-state index in [4.69, 9.17) is 0 Å². The standard InChI is InChI=1S/C12H15NO/c1-4-12(14)11-7-5-6-10(8-11)9-13(2)3/h4-8H,1,9H2,2-3H3. The number of ketones is 1. The maximum absolute atomic E-state index is 11.3. The lowest BCUT2D eigenvalue weighted by Crippen LogP contribution is -2.11. The molecule has 2 heteroatoms. The van der Waals surface area contributed by atoms with E-state index >= 15 is 0 Å². The van der Waals surface area contributed by atoms with Crippen LogP contribution in [0, 0.1) is 0 Å². The summed E-state index contributed by atoms with van der Waals surface area (Å²) in [4.78, 5) is 13.4. The lowest BCUT2D eigenvalue weighted by molar-refractivity contribution is 0.104. The Morgan fingerprint density at radius 1 is 1.50 bits per heavy atom. The highest BCUT2D eigenvalue weighted by molar-refractivity contribution is 6.04. The van der Waals surface area contributed by atoms with Crippen molar-refractivity contribution >= 4 is 5.78 Å². The summed E-state index contributed by atoms with van der Waals surface area (Å²) in [5, 5.41) is 0. The van der Waals surface area contributed by atoms with Gasteiger partial charge in [0, 0.05) is 12.1 Å². The lowest BCUT2D eigenvalue weighted by Gasteiger charge is -2.09. The second-order valence-electron chi connectivity index (χ2n) is 3.51. The molecule has 74 valence electrons. The summed E-state index contributed by atoms with van der Waals surface area (Å²) in [5.41, 5.74) is 1.85. The Labute approximate surface area is 84.9 Å². The van der Waals surface area contributed by atoms with E-state index in [0.29, 0.717) is 5.56 Å². The van der Waals surface area contributed by atoms with Crippen molar-refractivity contribution in [2.75, 3.05) is 14.1 Å². The Balaban J connectivity index is 2.89. The summed E-state index contributed by atoms with van der Waals surface area (Å²) >= 11 is 0. The summed E-state index contributed by atoms with van der Waals surface area (Å²) in [6.45, 7) is 4.31. The van der Waals surface area contributed by atoms with E-state index in [1.165, 1.54) is 6.08 Å². The van der Waals surface area contributed by atoms with Crippen molar-refractivity contribution in [1.29, 1.82) is 0 Å². The van der Waals surface area contributed by atoms with Gasteiger partial charge in [-0.1, -0.05) is 24.8 Å². The van der Waals surface area contributed by atoms with Crippen LogP contribution in [0.3, 0.4) is 0 Å². The molecule has 1 aromatic rings. The van der Waals surface area contributed by atoms with Crippen LogP contribution in [0.2, 0.25) is 0 Å². The number of hydrogen-bond donors (Lipinski definition) is 0. The number of allylic oxidation sites excluding steroid dienone is 1. The molecule has 0 aliphatic heterocycles. The third-order valence-corrected chi connectivity index (χ3v) is 1.90. The molecule has 0 bridgehead atoms. The predicted octanol–water partition coefficient (Wildman–Crippen LogP) is 2.12. The van der Waals surface area contributed by atoms with Crippen LogP contribution in [0.25, 0.3) is 0 Å². The summed E-state index contributed by atoms with van der Waals surface area (Å²) in [5.74, 6) is -0.0226. The largest absolute Gasteiger partial charge is 0.305 e. The number of carbonyl (C=O) groups excluding carboxylic acids is 1. The molecule has 0 aliphatic carbocycles. The Morgan fingerprint density at radius 2 is 2.21 bits per heavy atom. The zero-order valence-electron chi connectivity index (χ0n) is 8.66. The molecular weight excluding hydrogens is 174 g/mol. The number of rotatable bonds is 4. The zero-order valence-corrected chi connectivity index (χ0v) is 8.66. The minimum atomic E-state index is -0.0226. The molecule has 0 spiro atoms. The Morgan fingerprint density at radius 3 is 2.79 bits per heavy atom. The van der Waals surface area contributed by atoms with E-state index in [9.17, 15) is 4.79 Å². The van der Waals surface area contributed by atoms with Gasteiger partial charge in [0.1, 0.15) is 0 Å². The van der Waals surface area contributed by atoms with Gasteiger partial charge < -0.3 is 4.90 Å². The monoisotopic (exact) mass is 189 g/mol. The molecule has 2 nitrogen and oxygen atoms in total. The average molecular weight is 189 g/mol. The number of hydrogen-bond acceptors (Lipinski definition) is 2. The van der Waals surface area contributed by atoms with Gasteiger partial charge in [0.15, 0.2) is 5.78 Å². The first-order chi connectivity index (χ1) is 6.63. The number of nitrogens with zero attached hydrogens (tertiary/aromatic N) is 1. The molecule has 14 heavy (non-hydrogen) atoms. The van der Waals surface area contributed by atoms with Crippen molar-refractivity contribution in [1.82, 2.24) is 4.90 Å². The van der Waals surface area contributed by atoms with E-state index < -0.39 is 0 Å². The van der Waals surface area contributed by atoms with Gasteiger partial charge in [0.2, 0.25) is 0 Å². The van der Waals surface area contributed by atoms with Crippen molar-refractivity contribution in [2.24, 2.45) is 0 Å². The molecule has 0 aromatic heterocycles. The molecule has 0 aliphatic rings. The fraction of sp³-hybridized carbons (Fsp3) is 0.250. The molecule has 0 radical (unpaired) electrons. The first-order valence-corrected chi connectivity index (χ1v) is 4.54. The first-order valence-electron chi connectivity index (χ1n) is 4.54. The maximum atomic E-state index is 11.3. The molecule has 1 rings (SSSR count). The molecule has 0 atom stereocenters. The quantitative estimate of drug-likeness (QED) is 0.534. The van der Waals surface area contributed by atoms with Crippen LogP contribution in [-0.2, 0) is 6.54 Å². The highest BCUT2D eigenvalue weighted by atomic mass is 16.1. The fourth-order valence-corrected chi connectivity index (χ4v) is 1.31. The second kappa shape index (κ2) is 4.72. The smallest absolute Gasteiger partial charge is 0.185 e. The highest BCUT2D eigenvalue weighted by Gasteiger charge is 2.02. The normalized spacial score (nSPS) is 10.2. The van der Waals surface area contributed by atoms with Crippen molar-refractivity contribution < 1.29 is 4.79 Å². The van der Waals surface area contributed by atoms with Gasteiger partial charge in [-0.25, -0.2) is 0 Å². The molecular formula is C12H15NO. The number of benzene rings is 1.